The van der Waals surface area contributed by atoms with E-state index >= 15 is 0 Å². The molecule has 1 aliphatic rings. The number of carbonyl (C=O) groups excluding carboxylic acids is 1. The van der Waals surface area contributed by atoms with Gasteiger partial charge in [0.25, 0.3) is 0 Å². The van der Waals surface area contributed by atoms with Gasteiger partial charge in [-0.3, -0.25) is 0 Å². The summed E-state index contributed by atoms with van der Waals surface area (Å²) in [6.07, 6.45) is 1.71. The molecule has 98 valence electrons. The molecule has 0 aliphatic carbocycles. The number of likely N-dealkylation sites (tertiary alicyclic amines) is 1. The Kier molecular flexibility index (Phi) is 4.44. The molecule has 2 rings (SSSR count). The zero-order valence-corrected chi connectivity index (χ0v) is 10.9. The Bertz CT molecular complexity index is 417. The van der Waals surface area contributed by atoms with Gasteiger partial charge in [0.2, 0.25) is 0 Å². The molecular weight excluding hydrogens is 252 g/mol. The van der Waals surface area contributed by atoms with E-state index in [0.717, 1.165) is 12.8 Å². The van der Waals surface area contributed by atoms with Gasteiger partial charge in [-0.2, -0.15) is 0 Å². The van der Waals surface area contributed by atoms with Crippen molar-refractivity contribution in [1.82, 2.24) is 4.90 Å². The highest BCUT2D eigenvalue weighted by Gasteiger charge is 2.22. The van der Waals surface area contributed by atoms with E-state index in [9.17, 15) is 4.79 Å². The van der Waals surface area contributed by atoms with Gasteiger partial charge in [-0.05, 0) is 30.9 Å². The van der Waals surface area contributed by atoms with Crippen molar-refractivity contribution in [2.75, 3.05) is 25.0 Å². The number of hydrogen-bond donors (Lipinski definition) is 2. The van der Waals surface area contributed by atoms with Crippen molar-refractivity contribution >= 4 is 23.3 Å². The Morgan fingerprint density at radius 3 is 2.67 bits per heavy atom. The summed E-state index contributed by atoms with van der Waals surface area (Å²) in [5.41, 5.74) is 0.633. The number of para-hydroxylation sites is 1. The van der Waals surface area contributed by atoms with Gasteiger partial charge >= 0.3 is 6.03 Å². The fraction of sp³-hybridized carbons (Fsp3) is 0.462. The Hall–Kier alpha value is -1.26. The van der Waals surface area contributed by atoms with E-state index in [1.165, 1.54) is 0 Å². The summed E-state index contributed by atoms with van der Waals surface area (Å²) in [5, 5.41) is 12.4. The smallest absolute Gasteiger partial charge is 0.321 e. The minimum atomic E-state index is -0.125. The maximum Gasteiger partial charge on any atom is 0.321 e. The largest absolute Gasteiger partial charge is 0.396 e. The predicted molar refractivity (Wildman–Crippen MR) is 71.9 cm³/mol. The zero-order chi connectivity index (χ0) is 13.0. The second-order valence-electron chi connectivity index (χ2n) is 4.52. The maximum atomic E-state index is 12.0. The summed E-state index contributed by atoms with van der Waals surface area (Å²) >= 11 is 5.99. The first kappa shape index (κ1) is 13.2. The fourth-order valence-corrected chi connectivity index (χ4v) is 2.26. The van der Waals surface area contributed by atoms with Crippen LogP contribution in [0.4, 0.5) is 10.5 Å². The molecule has 0 atom stereocenters. The molecule has 0 radical (unpaired) electrons. The Morgan fingerprint density at radius 1 is 1.39 bits per heavy atom. The fourth-order valence-electron chi connectivity index (χ4n) is 2.08. The lowest BCUT2D eigenvalue weighted by atomic mass is 9.98. The highest BCUT2D eigenvalue weighted by Crippen LogP contribution is 2.22. The molecule has 1 aromatic carbocycles. The predicted octanol–water partition coefficient (Wildman–Crippen LogP) is 2.58. The molecule has 0 unspecified atom stereocenters. The molecule has 0 spiro atoms. The minimum Gasteiger partial charge on any atom is -0.396 e. The van der Waals surface area contributed by atoms with Crippen molar-refractivity contribution < 1.29 is 9.90 Å². The topological polar surface area (TPSA) is 52.6 Å². The Morgan fingerprint density at radius 2 is 2.06 bits per heavy atom. The zero-order valence-electron chi connectivity index (χ0n) is 10.1. The van der Waals surface area contributed by atoms with E-state index in [1.807, 2.05) is 12.1 Å². The van der Waals surface area contributed by atoms with Crippen molar-refractivity contribution in [1.29, 1.82) is 0 Å². The second-order valence-corrected chi connectivity index (χ2v) is 4.93. The summed E-state index contributed by atoms with van der Waals surface area (Å²) in [4.78, 5) is 13.8. The van der Waals surface area contributed by atoms with Gasteiger partial charge in [-0.1, -0.05) is 23.7 Å². The molecule has 1 saturated heterocycles. The average molecular weight is 269 g/mol. The number of halogens is 1. The molecular formula is C13H17ClN2O2. The summed E-state index contributed by atoms with van der Waals surface area (Å²) < 4.78 is 0. The number of hydrogen-bond acceptors (Lipinski definition) is 2. The number of nitrogens with zero attached hydrogens (tertiary/aromatic N) is 1. The summed E-state index contributed by atoms with van der Waals surface area (Å²) in [5.74, 6) is 0.328. The second kappa shape index (κ2) is 6.07. The van der Waals surface area contributed by atoms with Crippen molar-refractivity contribution in [3.05, 3.63) is 29.3 Å². The number of carbonyl (C=O) groups is 1. The van der Waals surface area contributed by atoms with Crippen LogP contribution in [0.2, 0.25) is 5.02 Å². The number of aliphatic hydroxyl groups is 1. The highest BCUT2D eigenvalue weighted by molar-refractivity contribution is 6.33. The molecule has 1 aliphatic heterocycles. The first-order chi connectivity index (χ1) is 8.70. The van der Waals surface area contributed by atoms with E-state index in [0.29, 0.717) is 29.7 Å². The van der Waals surface area contributed by atoms with Gasteiger partial charge in [0.05, 0.1) is 10.7 Å². The normalized spacial score (nSPS) is 16.7. The average Bonchev–Trinajstić information content (AvgIpc) is 2.41. The molecule has 18 heavy (non-hydrogen) atoms. The van der Waals surface area contributed by atoms with Crippen LogP contribution < -0.4 is 5.32 Å². The van der Waals surface area contributed by atoms with Crippen molar-refractivity contribution in [3.8, 4) is 0 Å². The molecule has 5 heteroatoms. The number of nitrogens with one attached hydrogen (secondary N) is 1. The quantitative estimate of drug-likeness (QED) is 0.866. The van der Waals surface area contributed by atoms with Crippen LogP contribution in [-0.2, 0) is 0 Å². The minimum absolute atomic E-state index is 0.125. The third-order valence-corrected chi connectivity index (χ3v) is 3.60. The van der Waals surface area contributed by atoms with Gasteiger partial charge in [0.15, 0.2) is 0 Å². The first-order valence-electron chi connectivity index (χ1n) is 6.12. The molecule has 1 fully saturated rings. The molecule has 2 amide bonds. The third-order valence-electron chi connectivity index (χ3n) is 3.28. The number of benzene rings is 1. The maximum absolute atomic E-state index is 12.0. The summed E-state index contributed by atoms with van der Waals surface area (Å²) in [6.45, 7) is 1.57. The number of piperidine rings is 1. The monoisotopic (exact) mass is 268 g/mol. The van der Waals surface area contributed by atoms with Gasteiger partial charge in [0, 0.05) is 19.7 Å². The molecule has 4 nitrogen and oxygen atoms in total. The molecule has 1 aromatic rings. The van der Waals surface area contributed by atoms with Crippen molar-refractivity contribution in [2.45, 2.75) is 12.8 Å². The first-order valence-corrected chi connectivity index (χ1v) is 6.50. The Balaban J connectivity index is 1.91. The molecule has 1 heterocycles. The number of aliphatic hydroxyl groups excluding tert-OH is 1. The number of rotatable bonds is 2. The molecule has 0 saturated carbocycles. The van der Waals surface area contributed by atoms with Crippen LogP contribution in [0.5, 0.6) is 0 Å². The lowest BCUT2D eigenvalue weighted by Gasteiger charge is -2.31. The third kappa shape index (κ3) is 3.15. The van der Waals surface area contributed by atoms with Crippen LogP contribution in [0.15, 0.2) is 24.3 Å². The molecule has 2 N–H and O–H groups in total. The summed E-state index contributed by atoms with van der Waals surface area (Å²) in [6, 6.07) is 7.06. The van der Waals surface area contributed by atoms with E-state index in [2.05, 4.69) is 5.32 Å². The van der Waals surface area contributed by atoms with E-state index < -0.39 is 0 Å². The van der Waals surface area contributed by atoms with Crippen LogP contribution in [0.3, 0.4) is 0 Å². The van der Waals surface area contributed by atoms with Crippen LogP contribution in [-0.4, -0.2) is 35.7 Å². The highest BCUT2D eigenvalue weighted by atomic mass is 35.5. The van der Waals surface area contributed by atoms with Crippen LogP contribution in [0.1, 0.15) is 12.8 Å². The van der Waals surface area contributed by atoms with Gasteiger partial charge in [-0.25, -0.2) is 4.79 Å². The number of urea groups is 1. The van der Waals surface area contributed by atoms with Crippen LogP contribution in [0.25, 0.3) is 0 Å². The van der Waals surface area contributed by atoms with E-state index in [1.54, 1.807) is 17.0 Å². The van der Waals surface area contributed by atoms with Crippen molar-refractivity contribution in [2.24, 2.45) is 5.92 Å². The SMILES string of the molecule is O=C(Nc1ccccc1Cl)N1CCC(CO)CC1. The molecule has 0 aromatic heterocycles. The molecule has 0 bridgehead atoms. The number of anilines is 1. The standard InChI is InChI=1S/C13H17ClN2O2/c14-11-3-1-2-4-12(11)15-13(18)16-7-5-10(9-17)6-8-16/h1-4,10,17H,5-9H2,(H,15,18). The lowest BCUT2D eigenvalue weighted by Crippen LogP contribution is -2.41. The Labute approximate surface area is 112 Å². The number of amides is 2. The van der Waals surface area contributed by atoms with Crippen LogP contribution >= 0.6 is 11.6 Å². The van der Waals surface area contributed by atoms with E-state index in [-0.39, 0.29) is 12.6 Å². The van der Waals surface area contributed by atoms with Gasteiger partial charge in [-0.15, -0.1) is 0 Å². The van der Waals surface area contributed by atoms with Gasteiger partial charge in [0.1, 0.15) is 0 Å². The van der Waals surface area contributed by atoms with Crippen molar-refractivity contribution in [3.63, 3.8) is 0 Å². The van der Waals surface area contributed by atoms with E-state index in [4.69, 9.17) is 16.7 Å². The lowest BCUT2D eigenvalue weighted by molar-refractivity contribution is 0.143. The van der Waals surface area contributed by atoms with Crippen LogP contribution in [0, 0.1) is 5.92 Å². The summed E-state index contributed by atoms with van der Waals surface area (Å²) in [7, 11) is 0. The van der Waals surface area contributed by atoms with Gasteiger partial charge < -0.3 is 15.3 Å².